The lowest BCUT2D eigenvalue weighted by atomic mass is 9.67. The van der Waals surface area contributed by atoms with Crippen molar-refractivity contribution in [2.75, 3.05) is 0 Å². The minimum Gasteiger partial charge on any atom is -0.384 e. The van der Waals surface area contributed by atoms with Crippen molar-refractivity contribution in [3.8, 4) is 0 Å². The van der Waals surface area contributed by atoms with E-state index >= 15 is 0 Å². The smallest absolute Gasteiger partial charge is 0.244 e. The highest BCUT2D eigenvalue weighted by atomic mass is 19.3. The van der Waals surface area contributed by atoms with Crippen molar-refractivity contribution in [2.24, 2.45) is 11.8 Å². The lowest BCUT2D eigenvalue weighted by Crippen LogP contribution is -2.45. The van der Waals surface area contributed by atoms with Crippen LogP contribution in [0.25, 0.3) is 0 Å². The van der Waals surface area contributed by atoms with Gasteiger partial charge in [-0.3, -0.25) is 0 Å². The van der Waals surface area contributed by atoms with Crippen molar-refractivity contribution >= 4 is 0 Å². The highest BCUT2D eigenvalue weighted by Gasteiger charge is 2.47. The maximum atomic E-state index is 13.5. The van der Waals surface area contributed by atoms with E-state index in [4.69, 9.17) is 0 Å². The number of aliphatic hydroxyl groups is 1. The molecule has 1 aromatic carbocycles. The molecule has 0 bridgehead atoms. The van der Waals surface area contributed by atoms with E-state index in [-0.39, 0.29) is 11.3 Å². The molecule has 0 amide bonds. The average molecular weight is 324 g/mol. The molecule has 2 unspecified atom stereocenters. The van der Waals surface area contributed by atoms with E-state index in [9.17, 15) is 13.9 Å². The molecule has 0 radical (unpaired) electrons. The summed E-state index contributed by atoms with van der Waals surface area (Å²) in [6.45, 7) is 7.85. The summed E-state index contributed by atoms with van der Waals surface area (Å²) < 4.78 is 26.9. The van der Waals surface area contributed by atoms with Gasteiger partial charge in [-0.2, -0.15) is 0 Å². The van der Waals surface area contributed by atoms with Crippen molar-refractivity contribution in [1.29, 1.82) is 0 Å². The zero-order valence-corrected chi connectivity index (χ0v) is 14.8. The number of halogens is 2. The zero-order valence-electron chi connectivity index (χ0n) is 14.8. The van der Waals surface area contributed by atoms with E-state index in [0.29, 0.717) is 5.56 Å². The Hall–Kier alpha value is -0.960. The largest absolute Gasteiger partial charge is 0.384 e. The fourth-order valence-electron chi connectivity index (χ4n) is 3.84. The van der Waals surface area contributed by atoms with Crippen LogP contribution in [0.4, 0.5) is 8.78 Å². The molecule has 1 fully saturated rings. The molecule has 0 saturated heterocycles. The quantitative estimate of drug-likeness (QED) is 0.758. The molecule has 1 aliphatic rings. The summed E-state index contributed by atoms with van der Waals surface area (Å²) in [7, 11) is 0. The van der Waals surface area contributed by atoms with Crippen LogP contribution in [0.15, 0.2) is 24.3 Å². The van der Waals surface area contributed by atoms with Gasteiger partial charge in [0, 0.05) is 0 Å². The van der Waals surface area contributed by atoms with Gasteiger partial charge in [-0.1, -0.05) is 71.2 Å². The first-order valence-corrected chi connectivity index (χ1v) is 8.79. The third-order valence-electron chi connectivity index (χ3n) is 5.51. The van der Waals surface area contributed by atoms with Crippen LogP contribution in [-0.4, -0.2) is 11.5 Å². The number of benzene rings is 1. The van der Waals surface area contributed by atoms with E-state index in [1.807, 2.05) is 24.3 Å². The molecule has 130 valence electrons. The first kappa shape index (κ1) is 18.4. The van der Waals surface area contributed by atoms with Gasteiger partial charge in [-0.15, -0.1) is 0 Å². The minimum atomic E-state index is -2.52. The Labute approximate surface area is 139 Å². The maximum absolute atomic E-state index is 13.5. The van der Waals surface area contributed by atoms with Crippen molar-refractivity contribution in [3.63, 3.8) is 0 Å². The molecule has 1 saturated carbocycles. The molecule has 1 nitrogen and oxygen atoms in total. The van der Waals surface area contributed by atoms with Crippen LogP contribution >= 0.6 is 0 Å². The predicted molar refractivity (Wildman–Crippen MR) is 90.8 cm³/mol. The van der Waals surface area contributed by atoms with E-state index in [1.165, 1.54) is 6.92 Å². The Morgan fingerprint density at radius 1 is 0.957 bits per heavy atom. The monoisotopic (exact) mass is 324 g/mol. The van der Waals surface area contributed by atoms with Crippen LogP contribution < -0.4 is 0 Å². The molecule has 0 heterocycles. The maximum Gasteiger partial charge on any atom is 0.244 e. The fourth-order valence-corrected chi connectivity index (χ4v) is 3.84. The molecular weight excluding hydrogens is 294 g/mol. The Morgan fingerprint density at radius 2 is 1.43 bits per heavy atom. The SMILES string of the molecule is CC(C(F)F)C(O)(c1ccc(C(C)(C)C)cc1)C1CCCCC1. The summed E-state index contributed by atoms with van der Waals surface area (Å²) in [6, 6.07) is 7.66. The summed E-state index contributed by atoms with van der Waals surface area (Å²) in [4.78, 5) is 0. The van der Waals surface area contributed by atoms with Gasteiger partial charge in [-0.05, 0) is 35.3 Å². The summed E-state index contributed by atoms with van der Waals surface area (Å²) in [5.74, 6) is -1.15. The lowest BCUT2D eigenvalue weighted by Gasteiger charge is -2.43. The number of rotatable bonds is 4. The topological polar surface area (TPSA) is 20.2 Å². The predicted octanol–water partition coefficient (Wildman–Crippen LogP) is 5.65. The van der Waals surface area contributed by atoms with E-state index in [1.54, 1.807) is 0 Å². The van der Waals surface area contributed by atoms with Crippen LogP contribution in [-0.2, 0) is 11.0 Å². The van der Waals surface area contributed by atoms with Crippen LogP contribution in [0.5, 0.6) is 0 Å². The highest BCUT2D eigenvalue weighted by molar-refractivity contribution is 5.32. The number of hydrogen-bond acceptors (Lipinski definition) is 1. The van der Waals surface area contributed by atoms with E-state index in [0.717, 1.165) is 37.7 Å². The third kappa shape index (κ3) is 3.76. The average Bonchev–Trinajstić information content (AvgIpc) is 2.53. The van der Waals surface area contributed by atoms with Gasteiger partial charge in [0.2, 0.25) is 6.43 Å². The Morgan fingerprint density at radius 3 is 1.87 bits per heavy atom. The van der Waals surface area contributed by atoms with Crippen LogP contribution in [0.1, 0.15) is 70.9 Å². The van der Waals surface area contributed by atoms with Crippen molar-refractivity contribution in [2.45, 2.75) is 77.2 Å². The molecule has 23 heavy (non-hydrogen) atoms. The van der Waals surface area contributed by atoms with Crippen molar-refractivity contribution < 1.29 is 13.9 Å². The molecule has 0 aromatic heterocycles. The molecule has 1 aromatic rings. The second kappa shape index (κ2) is 6.88. The van der Waals surface area contributed by atoms with Crippen LogP contribution in [0.2, 0.25) is 0 Å². The van der Waals surface area contributed by atoms with Crippen LogP contribution in [0, 0.1) is 11.8 Å². The van der Waals surface area contributed by atoms with Crippen molar-refractivity contribution in [3.05, 3.63) is 35.4 Å². The minimum absolute atomic E-state index is 0.00974. The summed E-state index contributed by atoms with van der Waals surface area (Å²) in [6.07, 6.45) is 2.30. The van der Waals surface area contributed by atoms with E-state index < -0.39 is 17.9 Å². The van der Waals surface area contributed by atoms with Gasteiger partial charge >= 0.3 is 0 Å². The standard InChI is InChI=1S/C20H30F2O/c1-14(18(21)22)20(23,16-8-6-5-7-9-16)17-12-10-15(11-13-17)19(2,3)4/h10-14,16,18,23H,5-9H2,1-4H3. The summed E-state index contributed by atoms with van der Waals surface area (Å²) in [5.41, 5.74) is 0.364. The van der Waals surface area contributed by atoms with Gasteiger partial charge in [0.05, 0.1) is 5.92 Å². The second-order valence-electron chi connectivity index (χ2n) is 8.11. The molecule has 0 aliphatic heterocycles. The molecule has 2 rings (SSSR count). The fraction of sp³-hybridized carbons (Fsp3) is 0.700. The lowest BCUT2D eigenvalue weighted by molar-refractivity contribution is -0.128. The Bertz CT molecular complexity index is 497. The van der Waals surface area contributed by atoms with Crippen molar-refractivity contribution in [1.82, 2.24) is 0 Å². The Kier molecular flexibility index (Phi) is 5.50. The van der Waals surface area contributed by atoms with Gasteiger partial charge in [0.1, 0.15) is 5.60 Å². The van der Waals surface area contributed by atoms with Gasteiger partial charge in [0.15, 0.2) is 0 Å². The molecule has 2 atom stereocenters. The van der Waals surface area contributed by atoms with Gasteiger partial charge in [-0.25, -0.2) is 8.78 Å². The molecule has 3 heteroatoms. The van der Waals surface area contributed by atoms with E-state index in [2.05, 4.69) is 20.8 Å². The number of alkyl halides is 2. The zero-order chi connectivity index (χ0) is 17.3. The van der Waals surface area contributed by atoms with Gasteiger partial charge < -0.3 is 5.11 Å². The summed E-state index contributed by atoms with van der Waals surface area (Å²) in [5, 5.41) is 11.4. The third-order valence-corrected chi connectivity index (χ3v) is 5.51. The van der Waals surface area contributed by atoms with Gasteiger partial charge in [0.25, 0.3) is 0 Å². The first-order valence-electron chi connectivity index (χ1n) is 8.79. The Balaban J connectivity index is 2.40. The summed E-state index contributed by atoms with van der Waals surface area (Å²) >= 11 is 0. The first-order chi connectivity index (χ1) is 10.7. The molecule has 1 aliphatic carbocycles. The normalized spacial score (nSPS) is 21.2. The highest BCUT2D eigenvalue weighted by Crippen LogP contribution is 2.46. The number of hydrogen-bond donors (Lipinski definition) is 1. The molecule has 1 N–H and O–H groups in total. The molecule has 0 spiro atoms. The van der Waals surface area contributed by atoms with Crippen LogP contribution in [0.3, 0.4) is 0 Å². The second-order valence-corrected chi connectivity index (χ2v) is 8.11. The molecular formula is C20H30F2O.